The Morgan fingerprint density at radius 1 is 1.04 bits per heavy atom. The third-order valence-corrected chi connectivity index (χ3v) is 4.73. The van der Waals surface area contributed by atoms with Gasteiger partial charge in [-0.2, -0.15) is 4.98 Å². The molecule has 0 N–H and O–H groups in total. The molecule has 25 heavy (non-hydrogen) atoms. The van der Waals surface area contributed by atoms with Crippen LogP contribution in [0.4, 0.5) is 0 Å². The molecule has 0 fully saturated rings. The van der Waals surface area contributed by atoms with Gasteiger partial charge in [-0.25, -0.2) is 9.97 Å². The maximum absolute atomic E-state index is 6.15. The Hall–Kier alpha value is -1.33. The van der Waals surface area contributed by atoms with Crippen molar-refractivity contribution in [2.45, 2.75) is 64.3 Å². The molecule has 0 saturated heterocycles. The summed E-state index contributed by atoms with van der Waals surface area (Å²) in [7, 11) is 1.69. The minimum absolute atomic E-state index is 0.134. The van der Waals surface area contributed by atoms with Crippen molar-refractivity contribution in [2.75, 3.05) is 7.11 Å². The molecule has 0 saturated carbocycles. The van der Waals surface area contributed by atoms with E-state index in [0.717, 1.165) is 30.7 Å². The normalized spacial score (nSPS) is 11.2. The Morgan fingerprint density at radius 2 is 1.68 bits per heavy atom. The smallest absolute Gasteiger partial charge is 0.225 e. The summed E-state index contributed by atoms with van der Waals surface area (Å²) in [5, 5.41) is 0.498. The molecule has 0 bridgehead atoms. The van der Waals surface area contributed by atoms with E-state index in [1.165, 1.54) is 44.9 Å². The van der Waals surface area contributed by atoms with Crippen molar-refractivity contribution >= 4 is 34.4 Å². The van der Waals surface area contributed by atoms with Gasteiger partial charge in [0.1, 0.15) is 5.52 Å². The fourth-order valence-electron chi connectivity index (χ4n) is 2.85. The summed E-state index contributed by atoms with van der Waals surface area (Å²) in [6.07, 6.45) is 12.6. The second-order valence-corrected chi connectivity index (χ2v) is 6.91. The third kappa shape index (κ3) is 6.48. The third-order valence-electron chi connectivity index (χ3n) is 4.30. The Kier molecular flexibility index (Phi) is 8.49. The minimum atomic E-state index is 0.134. The van der Waals surface area contributed by atoms with Gasteiger partial charge in [0.25, 0.3) is 0 Å². The molecular weight excluding hydrogens is 359 g/mol. The molecule has 7 heteroatoms. The molecule has 0 aliphatic carbocycles. The predicted molar refractivity (Wildman–Crippen MR) is 103 cm³/mol. The molecule has 2 rings (SSSR count). The van der Waals surface area contributed by atoms with Crippen molar-refractivity contribution in [3.05, 3.63) is 29.1 Å². The fourth-order valence-corrected chi connectivity index (χ4v) is 3.33. The number of unbranched alkanes of at least 4 members (excludes halogenated alkanes) is 7. The second-order valence-electron chi connectivity index (χ2n) is 6.21. The van der Waals surface area contributed by atoms with Crippen LogP contribution in [-0.4, -0.2) is 26.6 Å². The Labute approximate surface area is 159 Å². The van der Waals surface area contributed by atoms with Crippen LogP contribution in [0.3, 0.4) is 0 Å². The predicted octanol–water partition coefficient (Wildman–Crippen LogP) is 5.80. The molecule has 0 amide bonds. The van der Waals surface area contributed by atoms with Gasteiger partial charge in [-0.1, -0.05) is 56.7 Å². The van der Waals surface area contributed by atoms with Crippen LogP contribution in [0, 0.1) is 0 Å². The number of methoxy groups -OCH3 is 1. The number of nitrogens with zero attached hydrogens (tertiary/aromatic N) is 4. The molecule has 0 unspecified atom stereocenters. The standard InChI is InChI=1S/C18H26Cl2N4O/c1-14(25-2)11-9-7-5-3-4-6-8-10-12-24-13-21-17-15(24)16(19)22-18(20)23-17/h13H,1,3-12H2,2H3. The van der Waals surface area contributed by atoms with E-state index >= 15 is 0 Å². The average molecular weight is 385 g/mol. The summed E-state index contributed by atoms with van der Waals surface area (Å²) in [6, 6.07) is 0. The molecule has 2 aromatic rings. The molecule has 2 aromatic heterocycles. The van der Waals surface area contributed by atoms with Crippen LogP contribution >= 0.6 is 23.2 Å². The van der Waals surface area contributed by atoms with Gasteiger partial charge in [0, 0.05) is 13.0 Å². The first-order valence-electron chi connectivity index (χ1n) is 8.87. The monoisotopic (exact) mass is 384 g/mol. The molecule has 5 nitrogen and oxygen atoms in total. The van der Waals surface area contributed by atoms with Crippen LogP contribution in [0.1, 0.15) is 57.8 Å². The minimum Gasteiger partial charge on any atom is -0.502 e. The average Bonchev–Trinajstić information content (AvgIpc) is 2.99. The first-order chi connectivity index (χ1) is 12.1. The van der Waals surface area contributed by atoms with Crippen LogP contribution < -0.4 is 0 Å². The number of rotatable bonds is 12. The first kappa shape index (κ1) is 20.0. The van der Waals surface area contributed by atoms with Crippen molar-refractivity contribution in [2.24, 2.45) is 0 Å². The lowest BCUT2D eigenvalue weighted by Crippen LogP contribution is -1.98. The summed E-state index contributed by atoms with van der Waals surface area (Å²) < 4.78 is 7.08. The van der Waals surface area contributed by atoms with Crippen molar-refractivity contribution in [3.8, 4) is 0 Å². The van der Waals surface area contributed by atoms with Crippen LogP contribution in [0.15, 0.2) is 18.7 Å². The molecule has 0 aliphatic rings. The van der Waals surface area contributed by atoms with E-state index < -0.39 is 0 Å². The highest BCUT2D eigenvalue weighted by molar-refractivity contribution is 6.35. The van der Waals surface area contributed by atoms with Crippen molar-refractivity contribution < 1.29 is 4.74 Å². The molecule has 0 atom stereocenters. The fraction of sp³-hybridized carbons (Fsp3) is 0.611. The Morgan fingerprint density at radius 3 is 2.36 bits per heavy atom. The second kappa shape index (κ2) is 10.6. The molecule has 0 radical (unpaired) electrons. The summed E-state index contributed by atoms with van der Waals surface area (Å²) in [5.74, 6) is 0.889. The van der Waals surface area contributed by atoms with E-state index in [1.807, 2.05) is 4.57 Å². The van der Waals surface area contributed by atoms with Gasteiger partial charge in [-0.15, -0.1) is 0 Å². The summed E-state index contributed by atoms with van der Waals surface area (Å²) in [4.78, 5) is 12.3. The van der Waals surface area contributed by atoms with E-state index in [0.29, 0.717) is 10.8 Å². The first-order valence-corrected chi connectivity index (χ1v) is 9.63. The van der Waals surface area contributed by atoms with Crippen LogP contribution in [0.25, 0.3) is 11.2 Å². The lowest BCUT2D eigenvalue weighted by atomic mass is 10.1. The Balaban J connectivity index is 1.57. The molecule has 2 heterocycles. The van der Waals surface area contributed by atoms with E-state index in [9.17, 15) is 0 Å². The van der Waals surface area contributed by atoms with Gasteiger partial charge in [-0.05, 0) is 24.4 Å². The van der Waals surface area contributed by atoms with Crippen molar-refractivity contribution in [1.29, 1.82) is 0 Å². The highest BCUT2D eigenvalue weighted by Gasteiger charge is 2.10. The Bertz CT molecular complexity index is 687. The van der Waals surface area contributed by atoms with Gasteiger partial charge < -0.3 is 9.30 Å². The number of allylic oxidation sites excluding steroid dienone is 1. The zero-order valence-corrected chi connectivity index (χ0v) is 16.3. The number of aromatic nitrogens is 4. The summed E-state index contributed by atoms with van der Waals surface area (Å²) in [5.41, 5.74) is 1.32. The molecule has 0 aliphatic heterocycles. The zero-order chi connectivity index (χ0) is 18.1. The van der Waals surface area contributed by atoms with E-state index in [2.05, 4.69) is 21.5 Å². The number of hydrogen-bond acceptors (Lipinski definition) is 4. The lowest BCUT2D eigenvalue weighted by molar-refractivity contribution is 0.276. The highest BCUT2D eigenvalue weighted by atomic mass is 35.5. The SMILES string of the molecule is C=C(CCCCCCCCCCn1cnc2nc(Cl)nc(Cl)c21)OC. The zero-order valence-electron chi connectivity index (χ0n) is 14.8. The van der Waals surface area contributed by atoms with Gasteiger partial charge in [0.05, 0.1) is 19.2 Å². The number of fused-ring (bicyclic) bond motifs is 1. The highest BCUT2D eigenvalue weighted by Crippen LogP contribution is 2.22. The molecule has 138 valence electrons. The van der Waals surface area contributed by atoms with Gasteiger partial charge in [-0.3, -0.25) is 0 Å². The van der Waals surface area contributed by atoms with Crippen molar-refractivity contribution in [3.63, 3.8) is 0 Å². The topological polar surface area (TPSA) is 52.8 Å². The van der Waals surface area contributed by atoms with Gasteiger partial charge in [0.15, 0.2) is 10.8 Å². The summed E-state index contributed by atoms with van der Waals surface area (Å²) in [6.45, 7) is 4.71. The maximum Gasteiger partial charge on any atom is 0.225 e. The van der Waals surface area contributed by atoms with Gasteiger partial charge >= 0.3 is 0 Å². The van der Waals surface area contributed by atoms with Crippen LogP contribution in [-0.2, 0) is 11.3 Å². The largest absolute Gasteiger partial charge is 0.502 e. The molecular formula is C18H26Cl2N4O. The van der Waals surface area contributed by atoms with E-state index in [1.54, 1.807) is 13.4 Å². The summed E-state index contributed by atoms with van der Waals surface area (Å²) >= 11 is 11.9. The van der Waals surface area contributed by atoms with Crippen molar-refractivity contribution in [1.82, 2.24) is 19.5 Å². The van der Waals surface area contributed by atoms with Gasteiger partial charge in [0.2, 0.25) is 5.28 Å². The van der Waals surface area contributed by atoms with E-state index in [-0.39, 0.29) is 5.28 Å². The quantitative estimate of drug-likeness (QED) is 0.200. The van der Waals surface area contributed by atoms with Crippen LogP contribution in [0.2, 0.25) is 10.4 Å². The number of imidazole rings is 1. The molecule has 0 aromatic carbocycles. The number of hydrogen-bond donors (Lipinski definition) is 0. The maximum atomic E-state index is 6.15. The molecule has 0 spiro atoms. The van der Waals surface area contributed by atoms with E-state index in [4.69, 9.17) is 27.9 Å². The lowest BCUT2D eigenvalue weighted by Gasteiger charge is -2.06. The number of aryl methyl sites for hydroxylation is 1. The van der Waals surface area contributed by atoms with Crippen LogP contribution in [0.5, 0.6) is 0 Å². The number of ether oxygens (including phenoxy) is 1. The number of halogens is 2.